The summed E-state index contributed by atoms with van der Waals surface area (Å²) < 4.78 is 6.56. The van der Waals surface area contributed by atoms with E-state index in [1.54, 1.807) is 0 Å². The summed E-state index contributed by atoms with van der Waals surface area (Å²) in [6, 6.07) is 55.6. The van der Waals surface area contributed by atoms with Gasteiger partial charge in [0, 0.05) is 5.56 Å². The third kappa shape index (κ3) is 7.83. The van der Waals surface area contributed by atoms with Gasteiger partial charge >= 0.3 is 21.1 Å². The standard InChI is InChI=1S/C60H59N4O.Pt/c1-57(2,3)41-28-29-50(46(35-41)39-20-13-11-14-21-39)64-53-27-19-24-45(55(53)61-56(64)47-36-48-49(37-54(47)65)60(9,10)31-30-59(48,7)8)40-32-42(58(4,5)6)34-44(33-40)63-38-62(43-22-15-12-16-23-43)51-25-17-18-26-52(51)63;/h11-29,32,34-37,65H,30-31H2,1-10H3;/q-1;+2. The van der Waals surface area contributed by atoms with Crippen LogP contribution >= 0.6 is 0 Å². The SMILES string of the molecule is CC(C)(C)c1cc(-c2cccc3c2nc(-c2cc4c(cc2O)C(C)(C)CCC4(C)C)n3-c2ccc(C(C)(C)C)cc2-c2ccccc2)[c-]c(-n2[c-][n+](-c3ccccc3)c3ccccc32)c1.[Pt+2]. The van der Waals surface area contributed by atoms with Crippen LogP contribution < -0.4 is 4.57 Å². The molecule has 0 radical (unpaired) electrons. The molecule has 0 unspecified atom stereocenters. The third-order valence-corrected chi connectivity index (χ3v) is 13.9. The van der Waals surface area contributed by atoms with Crippen LogP contribution in [0.5, 0.6) is 5.75 Å². The third-order valence-electron chi connectivity index (χ3n) is 13.9. The fraction of sp³-hybridized carbons (Fsp3) is 0.267. The molecule has 66 heavy (non-hydrogen) atoms. The van der Waals surface area contributed by atoms with Gasteiger partial charge in [0.05, 0.1) is 39.0 Å². The molecule has 1 aliphatic carbocycles. The van der Waals surface area contributed by atoms with Crippen LogP contribution in [0.2, 0.25) is 0 Å². The smallest absolute Gasteiger partial charge is 0.507 e. The maximum atomic E-state index is 12.3. The van der Waals surface area contributed by atoms with Gasteiger partial charge in [-0.3, -0.25) is 9.13 Å². The van der Waals surface area contributed by atoms with Gasteiger partial charge < -0.3 is 9.67 Å². The number of imidazole rings is 2. The van der Waals surface area contributed by atoms with Gasteiger partial charge in [-0.05, 0) is 105 Å². The van der Waals surface area contributed by atoms with Crippen LogP contribution in [0.1, 0.15) is 104 Å². The van der Waals surface area contributed by atoms with Crippen LogP contribution in [-0.2, 0) is 42.7 Å². The Kier molecular flexibility index (Phi) is 11.2. The minimum Gasteiger partial charge on any atom is -0.507 e. The molecule has 10 rings (SSSR count). The number of hydrogen-bond donors (Lipinski definition) is 1. The Morgan fingerprint density at radius 3 is 1.91 bits per heavy atom. The summed E-state index contributed by atoms with van der Waals surface area (Å²) in [7, 11) is 0. The Bertz CT molecular complexity index is 3290. The molecular formula is C60H59N4OPt+. The maximum absolute atomic E-state index is 12.3. The number of para-hydroxylation sites is 4. The summed E-state index contributed by atoms with van der Waals surface area (Å²) in [5.41, 5.74) is 16.2. The van der Waals surface area contributed by atoms with Crippen molar-refractivity contribution in [3.8, 4) is 56.5 Å². The molecule has 0 aliphatic heterocycles. The van der Waals surface area contributed by atoms with Crippen LogP contribution in [0.3, 0.4) is 0 Å². The summed E-state index contributed by atoms with van der Waals surface area (Å²) in [4.78, 5) is 5.69. The van der Waals surface area contributed by atoms with Crippen molar-refractivity contribution in [2.45, 2.75) is 104 Å². The Labute approximate surface area is 405 Å². The Balaban J connectivity index is 0.00000548. The number of benzene rings is 7. The number of nitrogens with zero attached hydrogens (tertiary/aromatic N) is 4. The second kappa shape index (κ2) is 16.4. The molecule has 7 aromatic carbocycles. The molecule has 1 N–H and O–H groups in total. The van der Waals surface area contributed by atoms with Crippen LogP contribution in [0.15, 0.2) is 146 Å². The molecule has 0 amide bonds. The molecule has 0 bridgehead atoms. The normalized spacial score (nSPS) is 14.6. The van der Waals surface area contributed by atoms with Gasteiger partial charge in [0.25, 0.3) is 6.33 Å². The number of fused-ring (bicyclic) bond motifs is 3. The van der Waals surface area contributed by atoms with Crippen molar-refractivity contribution >= 4 is 22.1 Å². The van der Waals surface area contributed by atoms with Crippen molar-refractivity contribution in [2.24, 2.45) is 0 Å². The average Bonchev–Trinajstić information content (AvgIpc) is 3.87. The summed E-state index contributed by atoms with van der Waals surface area (Å²) in [5, 5.41) is 12.3. The summed E-state index contributed by atoms with van der Waals surface area (Å²) in [6.07, 6.45) is 5.83. The molecule has 1 aliphatic rings. The van der Waals surface area contributed by atoms with Gasteiger partial charge in [0.15, 0.2) is 0 Å². The van der Waals surface area contributed by atoms with E-state index in [1.807, 2.05) is 12.1 Å². The fourth-order valence-corrected chi connectivity index (χ4v) is 9.83. The average molecular weight is 1050 g/mol. The summed E-state index contributed by atoms with van der Waals surface area (Å²) in [5.74, 6) is 0.944. The number of rotatable bonds is 6. The van der Waals surface area contributed by atoms with E-state index < -0.39 is 0 Å². The van der Waals surface area contributed by atoms with E-state index >= 15 is 0 Å². The first-order valence-electron chi connectivity index (χ1n) is 23.1. The predicted molar refractivity (Wildman–Crippen MR) is 268 cm³/mol. The number of phenolic OH excluding ortho intramolecular Hbond substituents is 1. The van der Waals surface area contributed by atoms with Crippen LogP contribution in [-0.4, -0.2) is 19.2 Å². The molecule has 6 heteroatoms. The zero-order chi connectivity index (χ0) is 45.6. The Morgan fingerprint density at radius 2 is 1.23 bits per heavy atom. The van der Waals surface area contributed by atoms with Gasteiger partial charge in [-0.15, -0.1) is 29.3 Å². The molecule has 334 valence electrons. The van der Waals surface area contributed by atoms with E-state index in [2.05, 4.69) is 229 Å². The van der Waals surface area contributed by atoms with Crippen molar-refractivity contribution in [3.63, 3.8) is 0 Å². The number of phenols is 1. The van der Waals surface area contributed by atoms with Crippen LogP contribution in [0.4, 0.5) is 0 Å². The minimum atomic E-state index is -0.176. The zero-order valence-corrected chi connectivity index (χ0v) is 42.1. The Morgan fingerprint density at radius 1 is 0.606 bits per heavy atom. The number of aromatic nitrogens is 4. The van der Waals surface area contributed by atoms with Crippen LogP contribution in [0, 0.1) is 12.4 Å². The first-order valence-corrected chi connectivity index (χ1v) is 23.1. The molecule has 2 heterocycles. The van der Waals surface area contributed by atoms with Gasteiger partial charge in [-0.1, -0.05) is 166 Å². The monoisotopic (exact) mass is 1050 g/mol. The minimum absolute atomic E-state index is 0. The topological polar surface area (TPSA) is 46.9 Å². The largest absolute Gasteiger partial charge is 2.00 e. The molecule has 5 nitrogen and oxygen atoms in total. The molecule has 9 aromatic rings. The van der Waals surface area contributed by atoms with Gasteiger partial charge in [0.1, 0.15) is 11.6 Å². The van der Waals surface area contributed by atoms with E-state index in [0.717, 1.165) is 79.8 Å². The van der Waals surface area contributed by atoms with E-state index in [1.165, 1.54) is 22.3 Å². The van der Waals surface area contributed by atoms with Gasteiger partial charge in [-0.25, -0.2) is 4.98 Å². The molecule has 0 saturated carbocycles. The van der Waals surface area contributed by atoms with Gasteiger partial charge in [-0.2, -0.15) is 0 Å². The maximum Gasteiger partial charge on any atom is 2.00 e. The van der Waals surface area contributed by atoms with E-state index in [4.69, 9.17) is 4.98 Å². The fourth-order valence-electron chi connectivity index (χ4n) is 9.83. The van der Waals surface area contributed by atoms with Crippen molar-refractivity contribution in [1.82, 2.24) is 14.1 Å². The first-order chi connectivity index (χ1) is 30.9. The quantitative estimate of drug-likeness (QED) is 0.133. The van der Waals surface area contributed by atoms with Crippen molar-refractivity contribution in [1.29, 1.82) is 0 Å². The van der Waals surface area contributed by atoms with Crippen molar-refractivity contribution < 1.29 is 30.7 Å². The molecular weight excluding hydrogens is 988 g/mol. The van der Waals surface area contributed by atoms with E-state index in [9.17, 15) is 5.11 Å². The second-order valence-electron chi connectivity index (χ2n) is 21.5. The van der Waals surface area contributed by atoms with E-state index in [-0.39, 0.29) is 48.5 Å². The first kappa shape index (κ1) is 45.1. The Hall–Kier alpha value is -6.03. The van der Waals surface area contributed by atoms with Crippen molar-refractivity contribution in [2.75, 3.05) is 0 Å². The van der Waals surface area contributed by atoms with Crippen LogP contribution in [0.25, 0.3) is 72.8 Å². The number of aromatic hydroxyl groups is 1. The number of hydrogen-bond acceptors (Lipinski definition) is 2. The molecule has 0 spiro atoms. The molecule has 0 atom stereocenters. The predicted octanol–water partition coefficient (Wildman–Crippen LogP) is 14.5. The van der Waals surface area contributed by atoms with Gasteiger partial charge in [0.2, 0.25) is 0 Å². The van der Waals surface area contributed by atoms with E-state index in [0.29, 0.717) is 5.82 Å². The summed E-state index contributed by atoms with van der Waals surface area (Å²) in [6.45, 7) is 22.9. The molecule has 0 fully saturated rings. The molecule has 2 aromatic heterocycles. The van der Waals surface area contributed by atoms with Crippen molar-refractivity contribution in [3.05, 3.63) is 180 Å². The zero-order valence-electron chi connectivity index (χ0n) is 39.8. The summed E-state index contributed by atoms with van der Waals surface area (Å²) >= 11 is 0. The molecule has 0 saturated heterocycles. The second-order valence-corrected chi connectivity index (χ2v) is 21.5.